The molecule has 0 saturated heterocycles. The largest absolute Gasteiger partial charge is 0.338 e. The Morgan fingerprint density at radius 1 is 1.11 bits per heavy atom. The summed E-state index contributed by atoms with van der Waals surface area (Å²) in [5.74, 6) is 0.212. The van der Waals surface area contributed by atoms with E-state index in [4.69, 9.17) is 0 Å². The molecule has 0 N–H and O–H groups in total. The van der Waals surface area contributed by atoms with Crippen molar-refractivity contribution in [2.24, 2.45) is 11.8 Å². The molecule has 3 nitrogen and oxygen atoms in total. The van der Waals surface area contributed by atoms with Crippen molar-refractivity contribution in [3.8, 4) is 0 Å². The van der Waals surface area contributed by atoms with Gasteiger partial charge < -0.3 is 4.90 Å². The summed E-state index contributed by atoms with van der Waals surface area (Å²) in [4.78, 5) is 26.4. The molecule has 18 heavy (non-hydrogen) atoms. The van der Waals surface area contributed by atoms with Gasteiger partial charge in [0, 0.05) is 30.3 Å². The van der Waals surface area contributed by atoms with Gasteiger partial charge in [-0.25, -0.2) is 0 Å². The number of hydrogen-bond donors (Lipinski definition) is 0. The number of nitrogens with zero attached hydrogens (tertiary/aromatic N) is 1. The van der Waals surface area contributed by atoms with E-state index in [1.807, 2.05) is 39.5 Å². The van der Waals surface area contributed by atoms with E-state index in [2.05, 4.69) is 0 Å². The van der Waals surface area contributed by atoms with Crippen LogP contribution in [0.4, 0.5) is 0 Å². The van der Waals surface area contributed by atoms with Crippen molar-refractivity contribution in [3.63, 3.8) is 0 Å². The molecule has 2 atom stereocenters. The second-order valence-electron chi connectivity index (χ2n) is 6.04. The monoisotopic (exact) mass is 253 g/mol. The van der Waals surface area contributed by atoms with Gasteiger partial charge in [0.05, 0.1) is 0 Å². The molecule has 1 saturated carbocycles. The van der Waals surface area contributed by atoms with E-state index in [0.29, 0.717) is 6.42 Å². The first kappa shape index (κ1) is 15.2. The summed E-state index contributed by atoms with van der Waals surface area (Å²) in [6.45, 7) is 10.1. The average Bonchev–Trinajstić information content (AvgIpc) is 2.27. The summed E-state index contributed by atoms with van der Waals surface area (Å²) in [5.41, 5.74) is 0. The highest BCUT2D eigenvalue weighted by atomic mass is 16.2. The van der Waals surface area contributed by atoms with E-state index in [1.165, 1.54) is 0 Å². The summed E-state index contributed by atoms with van der Waals surface area (Å²) in [5, 5.41) is 0. The van der Waals surface area contributed by atoms with E-state index in [1.54, 1.807) is 0 Å². The Morgan fingerprint density at radius 3 is 2.11 bits per heavy atom. The minimum Gasteiger partial charge on any atom is -0.338 e. The Hall–Kier alpha value is -0.860. The van der Waals surface area contributed by atoms with E-state index in [9.17, 15) is 9.59 Å². The van der Waals surface area contributed by atoms with Crippen LogP contribution in [-0.2, 0) is 9.59 Å². The van der Waals surface area contributed by atoms with Gasteiger partial charge in [0.1, 0.15) is 5.78 Å². The number of amides is 1. The molecule has 0 aromatic heterocycles. The normalized spacial score (nSPS) is 22.4. The first-order valence-corrected chi connectivity index (χ1v) is 7.21. The molecular formula is C15H27NO2. The van der Waals surface area contributed by atoms with Crippen LogP contribution in [0.1, 0.15) is 60.3 Å². The van der Waals surface area contributed by atoms with Gasteiger partial charge in [0.15, 0.2) is 0 Å². The molecule has 1 rings (SSSR count). The van der Waals surface area contributed by atoms with Crippen LogP contribution in [0.5, 0.6) is 0 Å². The van der Waals surface area contributed by atoms with Crippen LogP contribution in [0, 0.1) is 11.8 Å². The van der Waals surface area contributed by atoms with Crippen molar-refractivity contribution in [1.82, 2.24) is 4.90 Å². The van der Waals surface area contributed by atoms with Gasteiger partial charge in [-0.3, -0.25) is 9.59 Å². The second-order valence-corrected chi connectivity index (χ2v) is 6.04. The highest BCUT2D eigenvalue weighted by Crippen LogP contribution is 2.29. The zero-order chi connectivity index (χ0) is 13.9. The average molecular weight is 253 g/mol. The first-order valence-electron chi connectivity index (χ1n) is 7.21. The van der Waals surface area contributed by atoms with Gasteiger partial charge in [-0.2, -0.15) is 0 Å². The molecular weight excluding hydrogens is 226 g/mol. The molecule has 104 valence electrons. The van der Waals surface area contributed by atoms with E-state index < -0.39 is 0 Å². The lowest BCUT2D eigenvalue weighted by Gasteiger charge is -2.36. The lowest BCUT2D eigenvalue weighted by atomic mass is 9.79. The Balaban J connectivity index is 2.78. The van der Waals surface area contributed by atoms with Crippen LogP contribution in [0.15, 0.2) is 0 Å². The summed E-state index contributed by atoms with van der Waals surface area (Å²) in [6, 6.07) is 0.386. The van der Waals surface area contributed by atoms with Gasteiger partial charge in [-0.15, -0.1) is 0 Å². The van der Waals surface area contributed by atoms with Crippen LogP contribution >= 0.6 is 0 Å². The number of rotatable bonds is 4. The van der Waals surface area contributed by atoms with Crippen molar-refractivity contribution < 1.29 is 9.59 Å². The van der Waals surface area contributed by atoms with Crippen molar-refractivity contribution in [2.45, 2.75) is 72.4 Å². The molecule has 0 aromatic rings. The molecule has 1 amide bonds. The molecule has 1 aliphatic carbocycles. The van der Waals surface area contributed by atoms with Gasteiger partial charge >= 0.3 is 0 Å². The van der Waals surface area contributed by atoms with Gasteiger partial charge in [-0.05, 0) is 40.5 Å². The SMILES string of the molecule is CC(C)N(C(=O)[C@H](C)[C@@H]1CCCCC1=O)C(C)C. The third kappa shape index (κ3) is 3.33. The fraction of sp³-hybridized carbons (Fsp3) is 0.867. The van der Waals surface area contributed by atoms with Crippen LogP contribution < -0.4 is 0 Å². The van der Waals surface area contributed by atoms with Crippen LogP contribution in [0.25, 0.3) is 0 Å². The van der Waals surface area contributed by atoms with Crippen LogP contribution in [0.3, 0.4) is 0 Å². The predicted molar refractivity (Wildman–Crippen MR) is 73.2 cm³/mol. The van der Waals surface area contributed by atoms with E-state index in [-0.39, 0.29) is 35.6 Å². The summed E-state index contributed by atoms with van der Waals surface area (Å²) >= 11 is 0. The summed E-state index contributed by atoms with van der Waals surface area (Å²) < 4.78 is 0. The molecule has 0 bridgehead atoms. The fourth-order valence-corrected chi connectivity index (χ4v) is 3.05. The molecule has 3 heteroatoms. The minimum atomic E-state index is -0.164. The fourth-order valence-electron chi connectivity index (χ4n) is 3.05. The quantitative estimate of drug-likeness (QED) is 0.772. The number of hydrogen-bond acceptors (Lipinski definition) is 2. The lowest BCUT2D eigenvalue weighted by Crippen LogP contribution is -2.47. The maximum absolute atomic E-state index is 12.5. The Kier molecular flexibility index (Phi) is 5.36. The Bertz CT molecular complexity index is 302. The smallest absolute Gasteiger partial charge is 0.226 e. The van der Waals surface area contributed by atoms with Gasteiger partial charge in [0.2, 0.25) is 5.91 Å². The minimum absolute atomic E-state index is 0.0498. The number of carbonyl (C=O) groups excluding carboxylic acids is 2. The topological polar surface area (TPSA) is 37.4 Å². The van der Waals surface area contributed by atoms with Gasteiger partial charge in [-0.1, -0.05) is 13.3 Å². The molecule has 0 aliphatic heterocycles. The van der Waals surface area contributed by atoms with Crippen LogP contribution in [-0.4, -0.2) is 28.7 Å². The van der Waals surface area contributed by atoms with Gasteiger partial charge in [0.25, 0.3) is 0 Å². The maximum Gasteiger partial charge on any atom is 0.226 e. The highest BCUT2D eigenvalue weighted by molar-refractivity contribution is 5.89. The summed E-state index contributed by atoms with van der Waals surface area (Å²) in [6.07, 6.45) is 3.62. The highest BCUT2D eigenvalue weighted by Gasteiger charge is 2.35. The molecule has 0 radical (unpaired) electrons. The molecule has 1 aliphatic rings. The first-order chi connectivity index (χ1) is 8.36. The zero-order valence-electron chi connectivity index (χ0n) is 12.4. The maximum atomic E-state index is 12.5. The van der Waals surface area contributed by atoms with E-state index in [0.717, 1.165) is 19.3 Å². The number of Topliss-reactive ketones (excluding diaryl/α,β-unsaturated/α-hetero) is 1. The molecule has 1 fully saturated rings. The number of carbonyl (C=O) groups is 2. The van der Waals surface area contributed by atoms with Crippen molar-refractivity contribution in [1.29, 1.82) is 0 Å². The summed E-state index contributed by atoms with van der Waals surface area (Å²) in [7, 11) is 0. The third-order valence-corrected chi connectivity index (χ3v) is 3.96. The third-order valence-electron chi connectivity index (χ3n) is 3.96. The van der Waals surface area contributed by atoms with Crippen molar-refractivity contribution in [3.05, 3.63) is 0 Å². The lowest BCUT2D eigenvalue weighted by molar-refractivity contribution is -0.144. The predicted octanol–water partition coefficient (Wildman–Crippen LogP) is 3.03. The van der Waals surface area contributed by atoms with Crippen molar-refractivity contribution in [2.75, 3.05) is 0 Å². The molecule has 0 aromatic carbocycles. The Morgan fingerprint density at radius 2 is 1.67 bits per heavy atom. The Labute approximate surface area is 111 Å². The zero-order valence-corrected chi connectivity index (χ0v) is 12.4. The molecule has 0 spiro atoms. The van der Waals surface area contributed by atoms with E-state index >= 15 is 0 Å². The second kappa shape index (κ2) is 6.35. The van der Waals surface area contributed by atoms with Crippen LogP contribution in [0.2, 0.25) is 0 Å². The number of ketones is 1. The van der Waals surface area contributed by atoms with Crippen molar-refractivity contribution >= 4 is 11.7 Å². The molecule has 0 heterocycles. The molecule has 0 unspecified atom stereocenters. The standard InChI is InChI=1S/C15H27NO2/c1-10(2)16(11(3)4)15(18)12(5)13-8-6-7-9-14(13)17/h10-13H,6-9H2,1-5H3/t12-,13+/m1/s1.